The van der Waals surface area contributed by atoms with Crippen LogP contribution in [0.5, 0.6) is 0 Å². The van der Waals surface area contributed by atoms with E-state index < -0.39 is 0 Å². The molecule has 1 unspecified atom stereocenters. The first-order chi connectivity index (χ1) is 11.8. The Morgan fingerprint density at radius 3 is 2.64 bits per heavy atom. The molecule has 6 heteroatoms. The average molecular weight is 343 g/mol. The Labute approximate surface area is 147 Å². The van der Waals surface area contributed by atoms with Gasteiger partial charge in [0.2, 0.25) is 0 Å². The van der Waals surface area contributed by atoms with Crippen LogP contribution in [-0.2, 0) is 7.05 Å². The van der Waals surface area contributed by atoms with Crippen LogP contribution in [0.1, 0.15) is 71.7 Å². The average Bonchev–Trinajstić information content (AvgIpc) is 3.15. The molecular formula is C19H25N3O3. The maximum Gasteiger partial charge on any atom is 0.263 e. The lowest BCUT2D eigenvalue weighted by Crippen LogP contribution is -2.36. The van der Waals surface area contributed by atoms with E-state index in [1.54, 1.807) is 22.6 Å². The Hall–Kier alpha value is -2.37. The molecule has 134 valence electrons. The fourth-order valence-corrected chi connectivity index (χ4v) is 3.82. The van der Waals surface area contributed by atoms with Gasteiger partial charge in [0.25, 0.3) is 11.5 Å². The summed E-state index contributed by atoms with van der Waals surface area (Å²) in [4.78, 5) is 27.6. The number of hydrogen-bond acceptors (Lipinski definition) is 4. The van der Waals surface area contributed by atoms with Crippen molar-refractivity contribution in [2.45, 2.75) is 52.5 Å². The summed E-state index contributed by atoms with van der Waals surface area (Å²) in [6, 6.07) is 3.47. The molecule has 25 heavy (non-hydrogen) atoms. The molecule has 3 rings (SSSR count). The number of aromatic nitrogens is 2. The van der Waals surface area contributed by atoms with Crippen molar-refractivity contribution in [2.75, 3.05) is 6.54 Å². The Bertz CT molecular complexity index is 844. The Morgan fingerprint density at radius 1 is 1.32 bits per heavy atom. The summed E-state index contributed by atoms with van der Waals surface area (Å²) < 4.78 is 6.85. The van der Waals surface area contributed by atoms with E-state index in [9.17, 15) is 9.59 Å². The van der Waals surface area contributed by atoms with Crippen molar-refractivity contribution in [3.8, 4) is 0 Å². The number of carbonyl (C=O) groups is 1. The molecule has 1 aliphatic rings. The van der Waals surface area contributed by atoms with Crippen molar-refractivity contribution in [3.05, 3.63) is 50.8 Å². The molecule has 0 saturated carbocycles. The third kappa shape index (κ3) is 2.90. The standard InChI is InChI=1S/C19H25N3O3/c1-11(2)15-9-8-14(18(23)21(15)5)19(24)22-10-6-7-16(22)17-12(3)20-25-13(17)4/h8-9,11,16H,6-7,10H2,1-5H3. The second kappa shape index (κ2) is 6.50. The van der Waals surface area contributed by atoms with Gasteiger partial charge in [-0.15, -0.1) is 0 Å². The van der Waals surface area contributed by atoms with Gasteiger partial charge in [-0.1, -0.05) is 19.0 Å². The first-order valence-corrected chi connectivity index (χ1v) is 8.76. The normalized spacial score (nSPS) is 17.5. The van der Waals surface area contributed by atoms with Gasteiger partial charge >= 0.3 is 0 Å². The van der Waals surface area contributed by atoms with Gasteiger partial charge in [0, 0.05) is 24.8 Å². The minimum absolute atomic E-state index is 0.0757. The van der Waals surface area contributed by atoms with Crippen LogP contribution in [-0.4, -0.2) is 27.1 Å². The van der Waals surface area contributed by atoms with Crippen molar-refractivity contribution in [2.24, 2.45) is 7.05 Å². The van der Waals surface area contributed by atoms with Crippen LogP contribution < -0.4 is 5.56 Å². The molecule has 2 aromatic heterocycles. The smallest absolute Gasteiger partial charge is 0.263 e. The van der Waals surface area contributed by atoms with E-state index in [0.717, 1.165) is 35.6 Å². The summed E-state index contributed by atoms with van der Waals surface area (Å²) >= 11 is 0. The maximum atomic E-state index is 13.1. The second-order valence-electron chi connectivity index (χ2n) is 7.09. The highest BCUT2D eigenvalue weighted by molar-refractivity contribution is 5.94. The molecule has 0 N–H and O–H groups in total. The number of hydrogen-bond donors (Lipinski definition) is 0. The zero-order valence-electron chi connectivity index (χ0n) is 15.5. The van der Waals surface area contributed by atoms with Crippen LogP contribution >= 0.6 is 0 Å². The van der Waals surface area contributed by atoms with Crippen LogP contribution in [0.3, 0.4) is 0 Å². The van der Waals surface area contributed by atoms with Crippen molar-refractivity contribution in [3.63, 3.8) is 0 Å². The van der Waals surface area contributed by atoms with E-state index in [0.29, 0.717) is 6.54 Å². The van der Waals surface area contributed by atoms with E-state index in [1.807, 2.05) is 33.8 Å². The van der Waals surface area contributed by atoms with Gasteiger partial charge in [-0.05, 0) is 44.7 Å². The van der Waals surface area contributed by atoms with Crippen molar-refractivity contribution in [1.29, 1.82) is 0 Å². The van der Waals surface area contributed by atoms with E-state index in [2.05, 4.69) is 5.16 Å². The fourth-order valence-electron chi connectivity index (χ4n) is 3.82. The number of aryl methyl sites for hydroxylation is 2. The van der Waals surface area contributed by atoms with Crippen molar-refractivity contribution in [1.82, 2.24) is 14.6 Å². The minimum Gasteiger partial charge on any atom is -0.361 e. The lowest BCUT2D eigenvalue weighted by molar-refractivity contribution is 0.0732. The first-order valence-electron chi connectivity index (χ1n) is 8.76. The molecule has 1 amide bonds. The van der Waals surface area contributed by atoms with Gasteiger partial charge in [-0.3, -0.25) is 9.59 Å². The molecule has 0 bridgehead atoms. The number of pyridine rings is 1. The predicted molar refractivity (Wildman–Crippen MR) is 94.8 cm³/mol. The highest BCUT2D eigenvalue weighted by Crippen LogP contribution is 2.36. The fraction of sp³-hybridized carbons (Fsp3) is 0.526. The molecule has 1 atom stereocenters. The molecular weight excluding hydrogens is 318 g/mol. The molecule has 0 aromatic carbocycles. The second-order valence-corrected chi connectivity index (χ2v) is 7.09. The first kappa shape index (κ1) is 17.5. The number of nitrogens with zero attached hydrogens (tertiary/aromatic N) is 3. The number of carbonyl (C=O) groups excluding carboxylic acids is 1. The molecule has 1 fully saturated rings. The lowest BCUT2D eigenvalue weighted by atomic mass is 10.0. The summed E-state index contributed by atoms with van der Waals surface area (Å²) in [5, 5.41) is 4.01. The molecule has 0 radical (unpaired) electrons. The van der Waals surface area contributed by atoms with Crippen LogP contribution in [0.15, 0.2) is 21.5 Å². The summed E-state index contributed by atoms with van der Waals surface area (Å²) in [5.74, 6) is 0.757. The third-order valence-electron chi connectivity index (χ3n) is 5.10. The van der Waals surface area contributed by atoms with Gasteiger partial charge in [-0.25, -0.2) is 0 Å². The largest absolute Gasteiger partial charge is 0.361 e. The SMILES string of the molecule is Cc1noc(C)c1C1CCCN1C(=O)c1ccc(C(C)C)n(C)c1=O. The van der Waals surface area contributed by atoms with Gasteiger partial charge in [-0.2, -0.15) is 0 Å². The van der Waals surface area contributed by atoms with E-state index in [4.69, 9.17) is 4.52 Å². The van der Waals surface area contributed by atoms with Gasteiger partial charge in [0.1, 0.15) is 11.3 Å². The Morgan fingerprint density at radius 2 is 2.04 bits per heavy atom. The zero-order valence-corrected chi connectivity index (χ0v) is 15.5. The number of rotatable bonds is 3. The number of amides is 1. The summed E-state index contributed by atoms with van der Waals surface area (Å²) in [5.41, 5.74) is 2.70. The molecule has 0 aliphatic carbocycles. The molecule has 6 nitrogen and oxygen atoms in total. The monoisotopic (exact) mass is 343 g/mol. The molecule has 1 saturated heterocycles. The highest BCUT2D eigenvalue weighted by atomic mass is 16.5. The molecule has 3 heterocycles. The van der Waals surface area contributed by atoms with Crippen LogP contribution in [0.25, 0.3) is 0 Å². The van der Waals surface area contributed by atoms with Crippen LogP contribution in [0.4, 0.5) is 0 Å². The minimum atomic E-state index is -0.236. The van der Waals surface area contributed by atoms with Crippen molar-refractivity contribution < 1.29 is 9.32 Å². The van der Waals surface area contributed by atoms with Gasteiger partial charge in [0.05, 0.1) is 11.7 Å². The van der Waals surface area contributed by atoms with Crippen LogP contribution in [0, 0.1) is 13.8 Å². The summed E-state index contributed by atoms with van der Waals surface area (Å²) in [6.07, 6.45) is 1.77. The topological polar surface area (TPSA) is 68.3 Å². The maximum absolute atomic E-state index is 13.1. The predicted octanol–water partition coefficient (Wildman–Crippen LogP) is 3.09. The summed E-state index contributed by atoms with van der Waals surface area (Å²) in [6.45, 7) is 8.47. The number of likely N-dealkylation sites (tertiary alicyclic amines) is 1. The molecule has 1 aliphatic heterocycles. The molecule has 2 aromatic rings. The summed E-state index contributed by atoms with van der Waals surface area (Å²) in [7, 11) is 1.73. The zero-order chi connectivity index (χ0) is 18.3. The highest BCUT2D eigenvalue weighted by Gasteiger charge is 2.35. The van der Waals surface area contributed by atoms with E-state index in [-0.39, 0.29) is 29.0 Å². The van der Waals surface area contributed by atoms with Gasteiger partial charge in [0.15, 0.2) is 0 Å². The van der Waals surface area contributed by atoms with Crippen molar-refractivity contribution >= 4 is 5.91 Å². The van der Waals surface area contributed by atoms with E-state index in [1.165, 1.54) is 0 Å². The third-order valence-corrected chi connectivity index (χ3v) is 5.10. The van der Waals surface area contributed by atoms with Crippen LogP contribution in [0.2, 0.25) is 0 Å². The Kier molecular flexibility index (Phi) is 4.54. The quantitative estimate of drug-likeness (QED) is 0.859. The Balaban J connectivity index is 1.98. The molecule has 0 spiro atoms. The van der Waals surface area contributed by atoms with Gasteiger partial charge < -0.3 is 14.0 Å². The van der Waals surface area contributed by atoms with E-state index >= 15 is 0 Å². The lowest BCUT2D eigenvalue weighted by Gasteiger charge is -2.25.